The molecule has 0 atom stereocenters. The van der Waals surface area contributed by atoms with Gasteiger partial charge in [0.1, 0.15) is 5.54 Å². The van der Waals surface area contributed by atoms with Crippen molar-refractivity contribution in [1.82, 2.24) is 9.80 Å². The Morgan fingerprint density at radius 3 is 2.35 bits per heavy atom. The SMILES string of the molecule is CCOCCN1CCN(C2(C(N)=O)CCCCC2)CC1. The molecule has 0 aromatic rings. The van der Waals surface area contributed by atoms with Gasteiger partial charge in [0, 0.05) is 39.3 Å². The Morgan fingerprint density at radius 1 is 1.15 bits per heavy atom. The maximum absolute atomic E-state index is 12.0. The fourth-order valence-corrected chi connectivity index (χ4v) is 3.59. The summed E-state index contributed by atoms with van der Waals surface area (Å²) in [4.78, 5) is 16.8. The molecule has 0 aromatic carbocycles. The van der Waals surface area contributed by atoms with Gasteiger partial charge in [-0.1, -0.05) is 19.3 Å². The molecule has 1 saturated heterocycles. The predicted molar refractivity (Wildman–Crippen MR) is 79.5 cm³/mol. The number of primary amides is 1. The van der Waals surface area contributed by atoms with E-state index in [0.29, 0.717) is 0 Å². The predicted octanol–water partition coefficient (Wildman–Crippen LogP) is 0.829. The van der Waals surface area contributed by atoms with E-state index in [4.69, 9.17) is 10.5 Å². The molecule has 1 aliphatic heterocycles. The Balaban J connectivity index is 1.86. The van der Waals surface area contributed by atoms with Crippen LogP contribution in [0.25, 0.3) is 0 Å². The first-order valence-corrected chi connectivity index (χ1v) is 8.04. The zero-order valence-electron chi connectivity index (χ0n) is 12.8. The first-order chi connectivity index (χ1) is 9.69. The lowest BCUT2D eigenvalue weighted by atomic mass is 9.79. The lowest BCUT2D eigenvalue weighted by Gasteiger charge is -2.47. The van der Waals surface area contributed by atoms with E-state index in [1.807, 2.05) is 6.92 Å². The molecule has 2 aliphatic rings. The fourth-order valence-electron chi connectivity index (χ4n) is 3.59. The van der Waals surface area contributed by atoms with Gasteiger partial charge in [0.05, 0.1) is 6.61 Å². The van der Waals surface area contributed by atoms with E-state index >= 15 is 0 Å². The van der Waals surface area contributed by atoms with Crippen LogP contribution in [0.1, 0.15) is 39.0 Å². The lowest BCUT2D eigenvalue weighted by molar-refractivity contribution is -0.134. The molecule has 0 aromatic heterocycles. The van der Waals surface area contributed by atoms with Gasteiger partial charge in [-0.2, -0.15) is 0 Å². The molecule has 0 bridgehead atoms. The molecule has 0 radical (unpaired) electrons. The van der Waals surface area contributed by atoms with Crippen molar-refractivity contribution in [2.24, 2.45) is 5.73 Å². The van der Waals surface area contributed by atoms with Gasteiger partial charge in [0.25, 0.3) is 0 Å². The summed E-state index contributed by atoms with van der Waals surface area (Å²) in [5, 5.41) is 0. The average Bonchev–Trinajstić information content (AvgIpc) is 2.49. The summed E-state index contributed by atoms with van der Waals surface area (Å²) in [5.41, 5.74) is 5.39. The van der Waals surface area contributed by atoms with E-state index in [0.717, 1.165) is 71.6 Å². The number of carbonyl (C=O) groups is 1. The summed E-state index contributed by atoms with van der Waals surface area (Å²) < 4.78 is 5.41. The Bertz CT molecular complexity index is 308. The van der Waals surface area contributed by atoms with Crippen LogP contribution in [0.2, 0.25) is 0 Å². The van der Waals surface area contributed by atoms with E-state index in [1.54, 1.807) is 0 Å². The maximum Gasteiger partial charge on any atom is 0.237 e. The zero-order valence-corrected chi connectivity index (χ0v) is 12.8. The number of hydrogen-bond acceptors (Lipinski definition) is 4. The van der Waals surface area contributed by atoms with Crippen LogP contribution in [0.15, 0.2) is 0 Å². The van der Waals surface area contributed by atoms with E-state index < -0.39 is 0 Å². The number of rotatable bonds is 6. The van der Waals surface area contributed by atoms with Gasteiger partial charge in [0.2, 0.25) is 5.91 Å². The van der Waals surface area contributed by atoms with E-state index in [9.17, 15) is 4.79 Å². The molecular weight excluding hydrogens is 254 g/mol. The Kier molecular flexibility index (Phi) is 5.81. The van der Waals surface area contributed by atoms with Crippen molar-refractivity contribution in [3.63, 3.8) is 0 Å². The minimum absolute atomic E-state index is 0.111. The van der Waals surface area contributed by atoms with Crippen LogP contribution in [0.4, 0.5) is 0 Å². The second kappa shape index (κ2) is 7.38. The number of piperazine rings is 1. The summed E-state index contributed by atoms with van der Waals surface area (Å²) >= 11 is 0. The molecule has 1 amide bonds. The molecule has 5 nitrogen and oxygen atoms in total. The summed E-state index contributed by atoms with van der Waals surface area (Å²) in [6.45, 7) is 8.54. The minimum atomic E-state index is -0.357. The van der Waals surface area contributed by atoms with Gasteiger partial charge in [-0.25, -0.2) is 0 Å². The zero-order chi connectivity index (χ0) is 14.4. The third-order valence-electron chi connectivity index (χ3n) is 4.87. The van der Waals surface area contributed by atoms with Crippen LogP contribution in [-0.4, -0.2) is 67.2 Å². The standard InChI is InChI=1S/C15H29N3O2/c1-2-20-13-12-17-8-10-18(11-9-17)15(14(16)19)6-4-3-5-7-15/h2-13H2,1H3,(H2,16,19). The number of ether oxygens (including phenoxy) is 1. The van der Waals surface area contributed by atoms with Crippen molar-refractivity contribution >= 4 is 5.91 Å². The Hall–Kier alpha value is -0.650. The first kappa shape index (κ1) is 15.7. The van der Waals surface area contributed by atoms with E-state index in [2.05, 4.69) is 9.80 Å². The number of amides is 1. The second-order valence-electron chi connectivity index (χ2n) is 5.98. The molecule has 116 valence electrons. The summed E-state index contributed by atoms with van der Waals surface area (Å²) in [7, 11) is 0. The summed E-state index contributed by atoms with van der Waals surface area (Å²) in [5.74, 6) is -0.111. The quantitative estimate of drug-likeness (QED) is 0.734. The minimum Gasteiger partial charge on any atom is -0.380 e. The molecule has 0 spiro atoms. The van der Waals surface area contributed by atoms with Crippen LogP contribution in [-0.2, 0) is 9.53 Å². The smallest absolute Gasteiger partial charge is 0.237 e. The van der Waals surface area contributed by atoms with Gasteiger partial charge in [-0.3, -0.25) is 14.6 Å². The number of nitrogens with two attached hydrogens (primary N) is 1. The van der Waals surface area contributed by atoms with Crippen molar-refractivity contribution in [1.29, 1.82) is 0 Å². The molecule has 20 heavy (non-hydrogen) atoms. The Labute approximate surface area is 122 Å². The molecule has 2 rings (SSSR count). The maximum atomic E-state index is 12.0. The van der Waals surface area contributed by atoms with Gasteiger partial charge in [-0.05, 0) is 19.8 Å². The monoisotopic (exact) mass is 283 g/mol. The molecule has 1 aliphatic carbocycles. The molecular formula is C15H29N3O2. The van der Waals surface area contributed by atoms with Crippen molar-refractivity contribution in [2.45, 2.75) is 44.6 Å². The van der Waals surface area contributed by atoms with Crippen molar-refractivity contribution < 1.29 is 9.53 Å². The largest absolute Gasteiger partial charge is 0.380 e. The van der Waals surface area contributed by atoms with Crippen LogP contribution in [0.3, 0.4) is 0 Å². The Morgan fingerprint density at radius 2 is 1.80 bits per heavy atom. The topological polar surface area (TPSA) is 58.8 Å². The number of nitrogens with zero attached hydrogens (tertiary/aromatic N) is 2. The number of carbonyl (C=O) groups excluding carboxylic acids is 1. The first-order valence-electron chi connectivity index (χ1n) is 8.04. The normalized spacial score (nSPS) is 24.6. The van der Waals surface area contributed by atoms with Gasteiger partial charge < -0.3 is 10.5 Å². The fraction of sp³-hybridized carbons (Fsp3) is 0.933. The summed E-state index contributed by atoms with van der Waals surface area (Å²) in [6, 6.07) is 0. The lowest BCUT2D eigenvalue weighted by Crippen LogP contribution is -2.63. The third-order valence-corrected chi connectivity index (χ3v) is 4.87. The molecule has 2 N–H and O–H groups in total. The van der Waals surface area contributed by atoms with Crippen LogP contribution in [0, 0.1) is 0 Å². The number of hydrogen-bond donors (Lipinski definition) is 1. The van der Waals surface area contributed by atoms with Crippen molar-refractivity contribution in [2.75, 3.05) is 45.9 Å². The molecule has 0 unspecified atom stereocenters. The summed E-state index contributed by atoms with van der Waals surface area (Å²) in [6.07, 6.45) is 5.40. The van der Waals surface area contributed by atoms with Crippen LogP contribution in [0.5, 0.6) is 0 Å². The highest BCUT2D eigenvalue weighted by molar-refractivity contribution is 5.84. The van der Waals surface area contributed by atoms with Gasteiger partial charge in [-0.15, -0.1) is 0 Å². The van der Waals surface area contributed by atoms with Crippen molar-refractivity contribution in [3.05, 3.63) is 0 Å². The highest BCUT2D eigenvalue weighted by Crippen LogP contribution is 2.34. The van der Waals surface area contributed by atoms with Gasteiger partial charge in [0.15, 0.2) is 0 Å². The molecule has 2 fully saturated rings. The van der Waals surface area contributed by atoms with Gasteiger partial charge >= 0.3 is 0 Å². The average molecular weight is 283 g/mol. The highest BCUT2D eigenvalue weighted by Gasteiger charge is 2.43. The van der Waals surface area contributed by atoms with Crippen LogP contribution < -0.4 is 5.73 Å². The highest BCUT2D eigenvalue weighted by atomic mass is 16.5. The van der Waals surface area contributed by atoms with Crippen LogP contribution >= 0.6 is 0 Å². The van der Waals surface area contributed by atoms with Crippen molar-refractivity contribution in [3.8, 4) is 0 Å². The molecule has 5 heteroatoms. The second-order valence-corrected chi connectivity index (χ2v) is 5.98. The van der Waals surface area contributed by atoms with E-state index in [-0.39, 0.29) is 11.4 Å². The third kappa shape index (κ3) is 3.51. The molecule has 1 saturated carbocycles. The molecule has 1 heterocycles. The van der Waals surface area contributed by atoms with E-state index in [1.165, 1.54) is 6.42 Å².